The normalized spacial score (nSPS) is 10.8. The summed E-state index contributed by atoms with van der Waals surface area (Å²) in [6, 6.07) is 7.52. The Morgan fingerprint density at radius 1 is 1.40 bits per heavy atom. The molecule has 2 heterocycles. The second-order valence-electron chi connectivity index (χ2n) is 4.60. The van der Waals surface area contributed by atoms with Crippen LogP contribution in [0.5, 0.6) is 0 Å². The number of carbonyl (C=O) groups excluding carboxylic acids is 1. The Hall–Kier alpha value is -2.14. The zero-order chi connectivity index (χ0) is 13.9. The fraction of sp³-hybridized carbons (Fsp3) is 0.200. The lowest BCUT2D eigenvalue weighted by Gasteiger charge is -2.04. The molecule has 0 atom stereocenters. The molecule has 0 unspecified atom stereocenters. The van der Waals surface area contributed by atoms with Gasteiger partial charge in [-0.15, -0.1) is 0 Å². The Morgan fingerprint density at radius 3 is 3.10 bits per heavy atom. The van der Waals surface area contributed by atoms with Crippen LogP contribution < -0.4 is 5.32 Å². The van der Waals surface area contributed by atoms with Crippen molar-refractivity contribution in [2.75, 3.05) is 5.32 Å². The summed E-state index contributed by atoms with van der Waals surface area (Å²) in [5, 5.41) is 6.98. The Balaban J connectivity index is 1.64. The smallest absolute Gasteiger partial charge is 0.224 e. The highest BCUT2D eigenvalue weighted by Crippen LogP contribution is 2.20. The van der Waals surface area contributed by atoms with E-state index in [1.807, 2.05) is 29.6 Å². The molecule has 0 radical (unpaired) electrons. The first-order chi connectivity index (χ1) is 9.70. The van der Waals surface area contributed by atoms with Crippen LogP contribution in [0.15, 0.2) is 39.4 Å². The molecule has 0 bridgehead atoms. The molecule has 4 nitrogen and oxygen atoms in total. The van der Waals surface area contributed by atoms with Crippen molar-refractivity contribution < 1.29 is 9.21 Å². The summed E-state index contributed by atoms with van der Waals surface area (Å²) in [6.45, 7) is 1.80. The van der Waals surface area contributed by atoms with E-state index in [0.717, 1.165) is 23.2 Å². The van der Waals surface area contributed by atoms with E-state index < -0.39 is 0 Å². The Kier molecular flexibility index (Phi) is 3.52. The van der Waals surface area contributed by atoms with Crippen molar-refractivity contribution in [1.29, 1.82) is 0 Å². The van der Waals surface area contributed by atoms with Crippen LogP contribution in [0.25, 0.3) is 11.1 Å². The van der Waals surface area contributed by atoms with Crippen molar-refractivity contribution in [3.8, 4) is 0 Å². The van der Waals surface area contributed by atoms with Crippen molar-refractivity contribution in [3.05, 3.63) is 46.5 Å². The van der Waals surface area contributed by atoms with Crippen LogP contribution in [-0.2, 0) is 11.2 Å². The number of rotatable bonds is 4. The SMILES string of the molecule is Cc1nc2cc(NC(=O)CCc3ccsc3)ccc2o1. The molecule has 0 saturated heterocycles. The summed E-state index contributed by atoms with van der Waals surface area (Å²) in [4.78, 5) is 16.1. The highest BCUT2D eigenvalue weighted by molar-refractivity contribution is 7.07. The maximum atomic E-state index is 11.9. The molecule has 0 spiro atoms. The summed E-state index contributed by atoms with van der Waals surface area (Å²) in [6.07, 6.45) is 1.24. The van der Waals surface area contributed by atoms with Gasteiger partial charge in [-0.3, -0.25) is 4.79 Å². The highest BCUT2D eigenvalue weighted by atomic mass is 32.1. The quantitative estimate of drug-likeness (QED) is 0.794. The molecule has 102 valence electrons. The minimum Gasteiger partial charge on any atom is -0.441 e. The molecule has 0 saturated carbocycles. The number of benzene rings is 1. The average molecular weight is 286 g/mol. The Labute approximate surface area is 120 Å². The van der Waals surface area contributed by atoms with E-state index in [2.05, 4.69) is 15.7 Å². The molecule has 1 aromatic carbocycles. The molecule has 0 aliphatic carbocycles. The third-order valence-electron chi connectivity index (χ3n) is 3.00. The van der Waals surface area contributed by atoms with Gasteiger partial charge in [0.2, 0.25) is 5.91 Å². The molecule has 2 aromatic heterocycles. The van der Waals surface area contributed by atoms with E-state index in [-0.39, 0.29) is 5.91 Å². The lowest BCUT2D eigenvalue weighted by atomic mass is 10.2. The van der Waals surface area contributed by atoms with E-state index >= 15 is 0 Å². The van der Waals surface area contributed by atoms with Gasteiger partial charge in [-0.2, -0.15) is 11.3 Å². The lowest BCUT2D eigenvalue weighted by molar-refractivity contribution is -0.116. The van der Waals surface area contributed by atoms with Gasteiger partial charge in [0.15, 0.2) is 11.5 Å². The Bertz CT molecular complexity index is 732. The largest absolute Gasteiger partial charge is 0.441 e. The summed E-state index contributed by atoms with van der Waals surface area (Å²) in [5.74, 6) is 0.636. The molecule has 3 rings (SSSR count). The maximum absolute atomic E-state index is 11.9. The number of hydrogen-bond donors (Lipinski definition) is 1. The number of hydrogen-bond acceptors (Lipinski definition) is 4. The average Bonchev–Trinajstić information content (AvgIpc) is 3.04. The molecule has 1 amide bonds. The minimum absolute atomic E-state index is 0.00997. The van der Waals surface area contributed by atoms with Crippen LogP contribution in [0.1, 0.15) is 17.9 Å². The first-order valence-corrected chi connectivity index (χ1v) is 7.33. The predicted molar refractivity (Wildman–Crippen MR) is 80.0 cm³/mol. The fourth-order valence-electron chi connectivity index (χ4n) is 2.04. The molecule has 20 heavy (non-hydrogen) atoms. The second-order valence-corrected chi connectivity index (χ2v) is 5.38. The number of oxazole rings is 1. The molecular formula is C15H14N2O2S. The summed E-state index contributed by atoms with van der Waals surface area (Å²) < 4.78 is 5.40. The van der Waals surface area contributed by atoms with E-state index in [9.17, 15) is 4.79 Å². The maximum Gasteiger partial charge on any atom is 0.224 e. The fourth-order valence-corrected chi connectivity index (χ4v) is 2.74. The van der Waals surface area contributed by atoms with Gasteiger partial charge < -0.3 is 9.73 Å². The van der Waals surface area contributed by atoms with Gasteiger partial charge in [0.1, 0.15) is 5.52 Å². The van der Waals surface area contributed by atoms with E-state index in [1.165, 1.54) is 5.56 Å². The van der Waals surface area contributed by atoms with Crippen molar-refractivity contribution >= 4 is 34.0 Å². The second kappa shape index (κ2) is 5.46. The zero-order valence-electron chi connectivity index (χ0n) is 11.1. The van der Waals surface area contributed by atoms with E-state index in [1.54, 1.807) is 18.3 Å². The van der Waals surface area contributed by atoms with Gasteiger partial charge in [-0.05, 0) is 47.0 Å². The zero-order valence-corrected chi connectivity index (χ0v) is 11.9. The van der Waals surface area contributed by atoms with Crippen LogP contribution in [-0.4, -0.2) is 10.9 Å². The number of aryl methyl sites for hydroxylation is 2. The lowest BCUT2D eigenvalue weighted by Crippen LogP contribution is -2.12. The third kappa shape index (κ3) is 2.88. The van der Waals surface area contributed by atoms with Gasteiger partial charge in [-0.25, -0.2) is 4.98 Å². The van der Waals surface area contributed by atoms with Crippen LogP contribution in [0.4, 0.5) is 5.69 Å². The van der Waals surface area contributed by atoms with Crippen molar-refractivity contribution in [3.63, 3.8) is 0 Å². The molecular weight excluding hydrogens is 272 g/mol. The molecule has 0 fully saturated rings. The molecule has 0 aliphatic heterocycles. The number of anilines is 1. The van der Waals surface area contributed by atoms with E-state index in [0.29, 0.717) is 12.3 Å². The Morgan fingerprint density at radius 2 is 2.30 bits per heavy atom. The number of nitrogens with zero attached hydrogens (tertiary/aromatic N) is 1. The molecule has 3 aromatic rings. The summed E-state index contributed by atoms with van der Waals surface area (Å²) >= 11 is 1.65. The number of fused-ring (bicyclic) bond motifs is 1. The van der Waals surface area contributed by atoms with Crippen molar-refractivity contribution in [2.24, 2.45) is 0 Å². The monoisotopic (exact) mass is 286 g/mol. The third-order valence-corrected chi connectivity index (χ3v) is 3.73. The summed E-state index contributed by atoms with van der Waals surface area (Å²) in [7, 11) is 0. The van der Waals surface area contributed by atoms with Gasteiger partial charge >= 0.3 is 0 Å². The van der Waals surface area contributed by atoms with Crippen molar-refractivity contribution in [1.82, 2.24) is 4.98 Å². The number of carbonyl (C=O) groups is 1. The predicted octanol–water partition coefficient (Wildman–Crippen LogP) is 3.77. The van der Waals surface area contributed by atoms with Gasteiger partial charge in [-0.1, -0.05) is 0 Å². The van der Waals surface area contributed by atoms with Gasteiger partial charge in [0.25, 0.3) is 0 Å². The number of nitrogens with one attached hydrogen (secondary N) is 1. The minimum atomic E-state index is 0.00997. The van der Waals surface area contributed by atoms with Crippen molar-refractivity contribution in [2.45, 2.75) is 19.8 Å². The van der Waals surface area contributed by atoms with E-state index in [4.69, 9.17) is 4.42 Å². The first kappa shape index (κ1) is 12.9. The number of aromatic nitrogens is 1. The highest BCUT2D eigenvalue weighted by Gasteiger charge is 2.06. The molecule has 5 heteroatoms. The van der Waals surface area contributed by atoms with Gasteiger partial charge in [0, 0.05) is 19.0 Å². The summed E-state index contributed by atoms with van der Waals surface area (Å²) in [5.41, 5.74) is 3.45. The first-order valence-electron chi connectivity index (χ1n) is 6.39. The topological polar surface area (TPSA) is 55.1 Å². The molecule has 1 N–H and O–H groups in total. The van der Waals surface area contributed by atoms with Crippen LogP contribution in [0.3, 0.4) is 0 Å². The number of amides is 1. The van der Waals surface area contributed by atoms with Crippen LogP contribution in [0.2, 0.25) is 0 Å². The van der Waals surface area contributed by atoms with Crippen LogP contribution >= 0.6 is 11.3 Å². The standard InChI is InChI=1S/C15H14N2O2S/c1-10-16-13-8-12(3-4-14(13)19-10)17-15(18)5-2-11-6-7-20-9-11/h3-4,6-9H,2,5H2,1H3,(H,17,18). The molecule has 0 aliphatic rings. The number of thiophene rings is 1. The van der Waals surface area contributed by atoms with Crippen LogP contribution in [0, 0.1) is 6.92 Å². The van der Waals surface area contributed by atoms with Gasteiger partial charge in [0.05, 0.1) is 0 Å².